The van der Waals surface area contributed by atoms with Gasteiger partial charge in [0.05, 0.1) is 0 Å². The van der Waals surface area contributed by atoms with Crippen molar-refractivity contribution in [3.63, 3.8) is 0 Å². The van der Waals surface area contributed by atoms with E-state index in [9.17, 15) is 14.4 Å². The summed E-state index contributed by atoms with van der Waals surface area (Å²) >= 11 is 0. The highest BCUT2D eigenvalue weighted by molar-refractivity contribution is 6.04. The van der Waals surface area contributed by atoms with E-state index in [-0.39, 0.29) is 5.91 Å². The Hall–Kier alpha value is -4.91. The molecule has 1 unspecified atom stereocenters. The van der Waals surface area contributed by atoms with Crippen molar-refractivity contribution in [2.75, 3.05) is 5.32 Å². The molecular weight excluding hydrogens is 454 g/mol. The highest BCUT2D eigenvalue weighted by Gasteiger charge is 2.16. The van der Waals surface area contributed by atoms with E-state index < -0.39 is 17.9 Å². The number of nitrogens with one attached hydrogen (secondary N) is 3. The van der Waals surface area contributed by atoms with Crippen LogP contribution in [0.1, 0.15) is 27.6 Å². The van der Waals surface area contributed by atoms with E-state index in [1.165, 1.54) is 0 Å². The van der Waals surface area contributed by atoms with Crippen molar-refractivity contribution in [2.45, 2.75) is 13.0 Å². The molecule has 0 saturated carbocycles. The van der Waals surface area contributed by atoms with Gasteiger partial charge in [-0.05, 0) is 66.6 Å². The predicted molar refractivity (Wildman–Crippen MR) is 138 cm³/mol. The minimum Gasteiger partial charge on any atom is -0.481 e. The average Bonchev–Trinajstić information content (AvgIpc) is 2.93. The molecule has 0 fully saturated rings. The van der Waals surface area contributed by atoms with Crippen LogP contribution in [0.25, 0.3) is 11.1 Å². The first-order valence-corrected chi connectivity index (χ1v) is 11.4. The van der Waals surface area contributed by atoms with E-state index in [0.29, 0.717) is 22.6 Å². The van der Waals surface area contributed by atoms with Crippen LogP contribution in [0.3, 0.4) is 0 Å². The molecule has 3 amide bonds. The van der Waals surface area contributed by atoms with Crippen LogP contribution in [0.2, 0.25) is 0 Å². The number of amides is 3. The van der Waals surface area contributed by atoms with Crippen molar-refractivity contribution in [3.8, 4) is 16.9 Å². The maximum atomic E-state index is 12.4. The van der Waals surface area contributed by atoms with Gasteiger partial charge in [0, 0.05) is 16.8 Å². The molecule has 180 valence electrons. The predicted octanol–water partition coefficient (Wildman–Crippen LogP) is 4.83. The molecule has 7 heteroatoms. The number of rotatable bonds is 7. The quantitative estimate of drug-likeness (QED) is 0.331. The number of hydrogen-bond donors (Lipinski definition) is 3. The summed E-state index contributed by atoms with van der Waals surface area (Å²) in [6.07, 6.45) is -0.830. The van der Waals surface area contributed by atoms with Gasteiger partial charge in [-0.2, -0.15) is 0 Å². The number of hydrogen-bond acceptors (Lipinski definition) is 4. The van der Waals surface area contributed by atoms with Gasteiger partial charge >= 0.3 is 0 Å². The number of benzene rings is 4. The molecule has 0 aliphatic heterocycles. The van der Waals surface area contributed by atoms with Crippen molar-refractivity contribution >= 4 is 23.4 Å². The van der Waals surface area contributed by atoms with E-state index in [4.69, 9.17) is 4.74 Å². The zero-order valence-corrected chi connectivity index (χ0v) is 19.6. The summed E-state index contributed by atoms with van der Waals surface area (Å²) in [7, 11) is 0. The smallest absolute Gasteiger partial charge is 0.279 e. The topological polar surface area (TPSA) is 96.5 Å². The molecule has 0 bridgehead atoms. The third-order valence-corrected chi connectivity index (χ3v) is 5.38. The average molecular weight is 480 g/mol. The Morgan fingerprint density at radius 1 is 0.611 bits per heavy atom. The highest BCUT2D eigenvalue weighted by Crippen LogP contribution is 2.22. The van der Waals surface area contributed by atoms with Gasteiger partial charge in [-0.1, -0.05) is 60.7 Å². The van der Waals surface area contributed by atoms with E-state index in [0.717, 1.165) is 11.1 Å². The molecule has 0 aromatic heterocycles. The van der Waals surface area contributed by atoms with E-state index in [1.807, 2.05) is 48.5 Å². The molecule has 0 aliphatic carbocycles. The molecule has 4 rings (SSSR count). The molecule has 7 nitrogen and oxygen atoms in total. The molecule has 0 radical (unpaired) electrons. The first kappa shape index (κ1) is 24.2. The van der Waals surface area contributed by atoms with Crippen LogP contribution in [0.4, 0.5) is 5.69 Å². The molecule has 36 heavy (non-hydrogen) atoms. The second kappa shape index (κ2) is 11.5. The Balaban J connectivity index is 1.25. The molecule has 0 saturated heterocycles. The molecule has 4 aromatic rings. The number of anilines is 1. The van der Waals surface area contributed by atoms with Crippen LogP contribution in [0.15, 0.2) is 109 Å². The Labute approximate surface area is 209 Å². The molecule has 0 spiro atoms. The van der Waals surface area contributed by atoms with Gasteiger partial charge in [0.1, 0.15) is 5.75 Å². The van der Waals surface area contributed by atoms with Gasteiger partial charge in [-0.15, -0.1) is 0 Å². The zero-order valence-electron chi connectivity index (χ0n) is 19.6. The molecule has 0 aliphatic rings. The number of hydrazine groups is 1. The SMILES string of the molecule is CC(Oc1ccc(-c2ccccc2)cc1)C(=O)NNC(=O)c1ccc(NC(=O)c2ccccc2)cc1. The van der Waals surface area contributed by atoms with Gasteiger partial charge in [0.25, 0.3) is 17.7 Å². The van der Waals surface area contributed by atoms with Gasteiger partial charge in [0.2, 0.25) is 0 Å². The summed E-state index contributed by atoms with van der Waals surface area (Å²) in [4.78, 5) is 37.0. The largest absolute Gasteiger partial charge is 0.481 e. The highest BCUT2D eigenvalue weighted by atomic mass is 16.5. The number of carbonyl (C=O) groups excluding carboxylic acids is 3. The lowest BCUT2D eigenvalue weighted by molar-refractivity contribution is -0.128. The molecule has 1 atom stereocenters. The minimum absolute atomic E-state index is 0.247. The van der Waals surface area contributed by atoms with Gasteiger partial charge < -0.3 is 10.1 Å². The minimum atomic E-state index is -0.830. The van der Waals surface area contributed by atoms with E-state index in [1.54, 1.807) is 67.6 Å². The molecular formula is C29H25N3O4. The van der Waals surface area contributed by atoms with Crippen LogP contribution < -0.4 is 20.9 Å². The Morgan fingerprint density at radius 3 is 1.81 bits per heavy atom. The Bertz CT molecular complexity index is 1320. The van der Waals surface area contributed by atoms with Crippen LogP contribution in [-0.4, -0.2) is 23.8 Å². The second-order valence-electron chi connectivity index (χ2n) is 7.99. The van der Waals surface area contributed by atoms with Crippen molar-refractivity contribution in [1.82, 2.24) is 10.9 Å². The summed E-state index contributed by atoms with van der Waals surface area (Å²) in [5, 5.41) is 2.77. The maximum Gasteiger partial charge on any atom is 0.279 e. The fourth-order valence-corrected chi connectivity index (χ4v) is 3.40. The maximum absolute atomic E-state index is 12.4. The van der Waals surface area contributed by atoms with Crippen molar-refractivity contribution in [3.05, 3.63) is 120 Å². The lowest BCUT2D eigenvalue weighted by Crippen LogP contribution is -2.47. The van der Waals surface area contributed by atoms with Gasteiger partial charge in [-0.3, -0.25) is 25.2 Å². The van der Waals surface area contributed by atoms with Crippen molar-refractivity contribution < 1.29 is 19.1 Å². The van der Waals surface area contributed by atoms with Gasteiger partial charge in [0.15, 0.2) is 6.10 Å². The van der Waals surface area contributed by atoms with Gasteiger partial charge in [-0.25, -0.2) is 0 Å². The summed E-state index contributed by atoms with van der Waals surface area (Å²) in [6, 6.07) is 32.5. The van der Waals surface area contributed by atoms with Crippen LogP contribution in [0, 0.1) is 0 Å². The molecule has 4 aromatic carbocycles. The first-order valence-electron chi connectivity index (χ1n) is 11.4. The first-order chi connectivity index (χ1) is 17.5. The Kier molecular flexibility index (Phi) is 7.73. The summed E-state index contributed by atoms with van der Waals surface area (Å²) < 4.78 is 5.69. The standard InChI is InChI=1S/C29H25N3O4/c1-20(36-26-18-14-22(15-19-26)21-8-4-2-5-9-21)27(33)31-32-29(35)24-12-16-25(17-13-24)30-28(34)23-10-6-3-7-11-23/h2-20H,1H3,(H,30,34)(H,31,33)(H,32,35). The third-order valence-electron chi connectivity index (χ3n) is 5.38. The van der Waals surface area contributed by atoms with Crippen molar-refractivity contribution in [1.29, 1.82) is 0 Å². The molecule has 3 N–H and O–H groups in total. The molecule has 0 heterocycles. The fraction of sp³-hybridized carbons (Fsp3) is 0.0690. The monoisotopic (exact) mass is 479 g/mol. The zero-order chi connectivity index (χ0) is 25.3. The van der Waals surface area contributed by atoms with E-state index >= 15 is 0 Å². The summed E-state index contributed by atoms with van der Waals surface area (Å²) in [6.45, 7) is 1.59. The fourth-order valence-electron chi connectivity index (χ4n) is 3.40. The lowest BCUT2D eigenvalue weighted by Gasteiger charge is -2.15. The number of carbonyl (C=O) groups is 3. The summed E-state index contributed by atoms with van der Waals surface area (Å²) in [5.41, 5.74) is 8.27. The third kappa shape index (κ3) is 6.36. The van der Waals surface area contributed by atoms with E-state index in [2.05, 4.69) is 16.2 Å². The second-order valence-corrected chi connectivity index (χ2v) is 7.99. The Morgan fingerprint density at radius 2 is 1.17 bits per heavy atom. The van der Waals surface area contributed by atoms with Crippen molar-refractivity contribution in [2.24, 2.45) is 0 Å². The van der Waals surface area contributed by atoms with Crippen LogP contribution in [0.5, 0.6) is 5.75 Å². The summed E-state index contributed by atoms with van der Waals surface area (Å²) in [5.74, 6) is -0.702. The lowest BCUT2D eigenvalue weighted by atomic mass is 10.1. The normalized spacial score (nSPS) is 11.1. The van der Waals surface area contributed by atoms with Crippen LogP contribution >= 0.6 is 0 Å². The number of ether oxygens (including phenoxy) is 1. The van der Waals surface area contributed by atoms with Crippen LogP contribution in [-0.2, 0) is 4.79 Å².